The smallest absolute Gasteiger partial charge is 0.337 e. The fraction of sp³-hybridized carbons (Fsp3) is 0. The normalized spacial score (nSPS) is 14.4. The minimum atomic E-state index is -1.10. The number of aromatic carboxylic acids is 1. The highest BCUT2D eigenvalue weighted by atomic mass is 32.1. The van der Waals surface area contributed by atoms with Gasteiger partial charge < -0.3 is 5.11 Å². The van der Waals surface area contributed by atoms with Crippen LogP contribution in [0, 0.1) is 0 Å². The largest absolute Gasteiger partial charge is 0.478 e. The van der Waals surface area contributed by atoms with Gasteiger partial charge >= 0.3 is 11.9 Å². The Hall–Kier alpha value is -4.63. The molecule has 166 valence electrons. The summed E-state index contributed by atoms with van der Waals surface area (Å²) in [4.78, 5) is 29.5. The number of carboxylic acids is 1. The number of hydrogen-bond acceptors (Lipinski definition) is 7. The van der Waals surface area contributed by atoms with Crippen molar-refractivity contribution in [2.75, 3.05) is 10.4 Å². The summed E-state index contributed by atoms with van der Waals surface area (Å²) in [6, 6.07) is 25.2. The van der Waals surface area contributed by atoms with Gasteiger partial charge in [0.15, 0.2) is 5.71 Å². The number of aromatic nitrogens is 1. The van der Waals surface area contributed by atoms with Crippen LogP contribution < -0.4 is 10.4 Å². The minimum absolute atomic E-state index is 0.0415. The van der Waals surface area contributed by atoms with Crippen LogP contribution in [0.2, 0.25) is 0 Å². The number of hydrazone groups is 2. The molecule has 1 amide bonds. The maximum absolute atomic E-state index is 13.4. The van der Waals surface area contributed by atoms with Crippen LogP contribution in [-0.2, 0) is 4.79 Å². The van der Waals surface area contributed by atoms with Crippen molar-refractivity contribution in [3.63, 3.8) is 0 Å². The van der Waals surface area contributed by atoms with Gasteiger partial charge in [0.25, 0.3) is 0 Å². The lowest BCUT2D eigenvalue weighted by molar-refractivity contribution is -0.112. The third-order valence-electron chi connectivity index (χ3n) is 5.05. The number of hydrogen-bond donors (Lipinski definition) is 2. The summed E-state index contributed by atoms with van der Waals surface area (Å²) in [5.41, 5.74) is 5.83. The zero-order valence-corrected chi connectivity index (χ0v) is 18.4. The molecule has 0 radical (unpaired) electrons. The molecular weight excluding hydrogens is 450 g/mol. The second-order valence-corrected chi connectivity index (χ2v) is 8.07. The molecule has 0 unspecified atom stereocenters. The molecule has 0 aliphatic carbocycles. The highest BCUT2D eigenvalue weighted by molar-refractivity contribution is 7.14. The molecule has 3 aromatic carbocycles. The summed E-state index contributed by atoms with van der Waals surface area (Å²) in [5.74, 6) is -1.57. The van der Waals surface area contributed by atoms with E-state index in [1.54, 1.807) is 18.2 Å². The van der Waals surface area contributed by atoms with Crippen molar-refractivity contribution in [1.82, 2.24) is 4.98 Å². The van der Waals surface area contributed by atoms with E-state index >= 15 is 0 Å². The highest BCUT2D eigenvalue weighted by Gasteiger charge is 2.35. The fourth-order valence-electron chi connectivity index (χ4n) is 3.40. The summed E-state index contributed by atoms with van der Waals surface area (Å²) < 4.78 is 0. The zero-order chi connectivity index (χ0) is 23.5. The Morgan fingerprint density at radius 3 is 2.26 bits per heavy atom. The number of thiazole rings is 1. The summed E-state index contributed by atoms with van der Waals surface area (Å²) >= 11 is 1.30. The first-order valence-corrected chi connectivity index (χ1v) is 11.2. The van der Waals surface area contributed by atoms with Gasteiger partial charge in [0.2, 0.25) is 5.13 Å². The molecule has 1 aromatic heterocycles. The third kappa shape index (κ3) is 4.07. The Morgan fingerprint density at radius 2 is 1.56 bits per heavy atom. The molecule has 0 saturated carbocycles. The molecule has 9 heteroatoms. The summed E-state index contributed by atoms with van der Waals surface area (Å²) in [5, 5.41) is 21.7. The highest BCUT2D eigenvalue weighted by Crippen LogP contribution is 2.30. The predicted octanol–water partition coefficient (Wildman–Crippen LogP) is 4.73. The molecule has 5 rings (SSSR count). The maximum Gasteiger partial charge on any atom is 0.337 e. The Morgan fingerprint density at radius 1 is 0.912 bits per heavy atom. The molecule has 4 aromatic rings. The average molecular weight is 468 g/mol. The number of amides is 1. The van der Waals surface area contributed by atoms with Gasteiger partial charge in [0.05, 0.1) is 16.9 Å². The summed E-state index contributed by atoms with van der Waals surface area (Å²) in [6.45, 7) is 0. The first-order chi connectivity index (χ1) is 16.6. The van der Waals surface area contributed by atoms with E-state index in [1.165, 1.54) is 22.4 Å². The second-order valence-electron chi connectivity index (χ2n) is 7.24. The van der Waals surface area contributed by atoms with Gasteiger partial charge in [-0.15, -0.1) is 11.3 Å². The molecule has 2 heterocycles. The first kappa shape index (κ1) is 21.2. The quantitative estimate of drug-likeness (QED) is 0.399. The summed E-state index contributed by atoms with van der Waals surface area (Å²) in [6.07, 6.45) is 0. The molecule has 1 aliphatic heterocycles. The Bertz CT molecular complexity index is 1430. The van der Waals surface area contributed by atoms with Crippen molar-refractivity contribution in [2.45, 2.75) is 0 Å². The average Bonchev–Trinajstić information content (AvgIpc) is 3.49. The monoisotopic (exact) mass is 467 g/mol. The van der Waals surface area contributed by atoms with Crippen LogP contribution in [0.5, 0.6) is 0 Å². The van der Waals surface area contributed by atoms with Crippen molar-refractivity contribution in [2.24, 2.45) is 10.2 Å². The van der Waals surface area contributed by atoms with E-state index in [-0.39, 0.29) is 17.0 Å². The molecule has 0 atom stereocenters. The van der Waals surface area contributed by atoms with E-state index in [2.05, 4.69) is 20.6 Å². The maximum atomic E-state index is 13.4. The number of carboxylic acid groups (broad SMARTS) is 1. The van der Waals surface area contributed by atoms with E-state index in [9.17, 15) is 14.7 Å². The number of carbonyl (C=O) groups excluding carboxylic acids is 1. The molecule has 0 saturated heterocycles. The predicted molar refractivity (Wildman–Crippen MR) is 132 cm³/mol. The van der Waals surface area contributed by atoms with Crippen LogP contribution in [-0.4, -0.2) is 33.4 Å². The standard InChI is InChI=1S/C25H17N5O3S/c31-23-22(28-27-19-14-8-7-13-18(19)24(32)33)21(17-11-5-2-6-12-17)29-30(23)25-26-20(15-34-25)16-9-3-1-4-10-16/h1-15,27H,(H,32,33)/b28-22+. The Labute approximate surface area is 198 Å². The van der Waals surface area contributed by atoms with E-state index in [0.29, 0.717) is 16.4 Å². The molecule has 8 nitrogen and oxygen atoms in total. The number of nitrogens with zero attached hydrogens (tertiary/aromatic N) is 4. The van der Waals surface area contributed by atoms with Gasteiger partial charge in [-0.3, -0.25) is 10.2 Å². The zero-order valence-electron chi connectivity index (χ0n) is 17.6. The van der Waals surface area contributed by atoms with E-state index in [1.807, 2.05) is 66.0 Å². The van der Waals surface area contributed by atoms with Crippen molar-refractivity contribution in [3.05, 3.63) is 101 Å². The number of benzene rings is 3. The van der Waals surface area contributed by atoms with E-state index in [4.69, 9.17) is 0 Å². The van der Waals surface area contributed by atoms with Gasteiger partial charge in [0, 0.05) is 16.5 Å². The Balaban J connectivity index is 1.52. The van der Waals surface area contributed by atoms with Gasteiger partial charge in [-0.2, -0.15) is 15.2 Å². The summed E-state index contributed by atoms with van der Waals surface area (Å²) in [7, 11) is 0. The molecule has 2 N–H and O–H groups in total. The number of nitrogens with one attached hydrogen (secondary N) is 1. The van der Waals surface area contributed by atoms with Crippen molar-refractivity contribution in [3.8, 4) is 11.3 Å². The van der Waals surface area contributed by atoms with Crippen LogP contribution in [0.4, 0.5) is 10.8 Å². The van der Waals surface area contributed by atoms with Crippen LogP contribution in [0.3, 0.4) is 0 Å². The van der Waals surface area contributed by atoms with Gasteiger partial charge in [-0.25, -0.2) is 9.78 Å². The van der Waals surface area contributed by atoms with Crippen molar-refractivity contribution >= 4 is 45.5 Å². The molecule has 34 heavy (non-hydrogen) atoms. The van der Waals surface area contributed by atoms with E-state index < -0.39 is 11.9 Å². The van der Waals surface area contributed by atoms with Crippen molar-refractivity contribution < 1.29 is 14.7 Å². The molecule has 0 fully saturated rings. The lowest BCUT2D eigenvalue weighted by Crippen LogP contribution is -2.28. The number of rotatable bonds is 6. The van der Waals surface area contributed by atoms with Crippen molar-refractivity contribution in [1.29, 1.82) is 0 Å². The van der Waals surface area contributed by atoms with E-state index in [0.717, 1.165) is 11.3 Å². The number of anilines is 2. The SMILES string of the molecule is O=C(O)c1ccccc1N/N=C1/C(=O)N(c2nc(-c3ccccc3)cs2)N=C1c1ccccc1. The third-order valence-corrected chi connectivity index (χ3v) is 5.87. The second kappa shape index (κ2) is 9.08. The molecule has 0 bridgehead atoms. The van der Waals surface area contributed by atoms with Crippen LogP contribution in [0.1, 0.15) is 15.9 Å². The lowest BCUT2D eigenvalue weighted by atomic mass is 10.1. The van der Waals surface area contributed by atoms with Gasteiger partial charge in [-0.1, -0.05) is 72.8 Å². The molecular formula is C25H17N5O3S. The minimum Gasteiger partial charge on any atom is -0.478 e. The number of carbonyl (C=O) groups is 2. The molecule has 0 spiro atoms. The van der Waals surface area contributed by atoms with Crippen LogP contribution >= 0.6 is 11.3 Å². The molecule has 1 aliphatic rings. The Kier molecular flexibility index (Phi) is 5.67. The topological polar surface area (TPSA) is 107 Å². The van der Waals surface area contributed by atoms with Gasteiger partial charge in [0.1, 0.15) is 5.71 Å². The van der Waals surface area contributed by atoms with Gasteiger partial charge in [-0.05, 0) is 12.1 Å². The van der Waals surface area contributed by atoms with Crippen LogP contribution in [0.25, 0.3) is 11.3 Å². The first-order valence-electron chi connectivity index (χ1n) is 10.3. The fourth-order valence-corrected chi connectivity index (χ4v) is 4.18. The van der Waals surface area contributed by atoms with Crippen LogP contribution in [0.15, 0.2) is 101 Å². The number of para-hydroxylation sites is 1. The lowest BCUT2D eigenvalue weighted by Gasteiger charge is -2.07.